The van der Waals surface area contributed by atoms with Gasteiger partial charge in [0.25, 0.3) is 5.91 Å². The van der Waals surface area contributed by atoms with Gasteiger partial charge in [0, 0.05) is 40.5 Å². The first-order chi connectivity index (χ1) is 38.9. The number of nitrogens with one attached hydrogen (secondary N) is 4. The summed E-state index contributed by atoms with van der Waals surface area (Å²) in [7, 11) is 1.07. The number of hydrogen-bond acceptors (Lipinski definition) is 21. The Morgan fingerprint density at radius 3 is 1.80 bits per heavy atom. The molecule has 4 heterocycles. The predicted octanol–water partition coefficient (Wildman–Crippen LogP) is -1.94. The highest BCUT2D eigenvalue weighted by Gasteiger charge is 2.61. The zero-order chi connectivity index (χ0) is 59.7. The molecule has 0 spiro atoms. The number of methoxy groups -OCH3 is 1. The summed E-state index contributed by atoms with van der Waals surface area (Å²) >= 11 is 0. The van der Waals surface area contributed by atoms with Crippen LogP contribution in [0.4, 0.5) is 0 Å². The molecule has 26 nitrogen and oxygen atoms in total. The van der Waals surface area contributed by atoms with Crippen molar-refractivity contribution in [2.45, 2.75) is 241 Å². The number of aliphatic carboxylic acids is 1. The zero-order valence-electron chi connectivity index (χ0n) is 48.2. The maximum Gasteiger partial charge on any atom is 0.335 e. The normalized spacial score (nSPS) is 46.0. The molecule has 8 rings (SSSR count). The molecule has 8 unspecified atom stereocenters. The standard InChI is InChI=1S/C56H92N4O22/c1-24(30-14-15-31-29-13-12-28-10-8-9-18-55(28,5)32(29)17-19-56(30,31)6)11-16-35(65)57-20-21-58-50(72)48-47(41(69)43(71)53(81-48)78-44-36(59-26(3)63)25(2)76-33(22-61)38(44)66)80-52-37(60-27(4)64)45(39(67)34(23-62)77-52)79-54-42(70)40(68)46(75-7)49(82-54)51(73)74/h24-25,28-34,36-49,52-54,61-62,66-71H,8-23H2,1-7H3,(H,57,65)(H,58,72)(H,59,63)(H,60,64)(H,73,74)/t24-,25+,28+,29+,30-,31+,32+,33?,34?,36?,37?,38-,39-,40-,41-,42?,43?,44-,45-,46+,47+,48?,49?,52+,53-,54-,55+,56-/m1/s1. The van der Waals surface area contributed by atoms with Crippen molar-refractivity contribution in [1.82, 2.24) is 21.3 Å². The van der Waals surface area contributed by atoms with Gasteiger partial charge in [0.15, 0.2) is 31.1 Å². The van der Waals surface area contributed by atoms with Gasteiger partial charge in [-0.15, -0.1) is 0 Å². The lowest BCUT2D eigenvalue weighted by Crippen LogP contribution is -2.71. The van der Waals surface area contributed by atoms with Crippen LogP contribution in [0.2, 0.25) is 0 Å². The van der Waals surface area contributed by atoms with E-state index >= 15 is 0 Å². The Kier molecular flexibility index (Phi) is 21.4. The van der Waals surface area contributed by atoms with Gasteiger partial charge in [-0.1, -0.05) is 33.6 Å². The molecule has 28 atom stereocenters. The van der Waals surface area contributed by atoms with E-state index in [0.29, 0.717) is 29.6 Å². The second-order valence-corrected chi connectivity index (χ2v) is 25.2. The number of carboxylic acids is 1. The summed E-state index contributed by atoms with van der Waals surface area (Å²) in [6.45, 7) is 9.23. The fourth-order valence-electron chi connectivity index (χ4n) is 16.2. The van der Waals surface area contributed by atoms with Crippen LogP contribution in [0.25, 0.3) is 0 Å². The maximum atomic E-state index is 14.5. The van der Waals surface area contributed by atoms with Crippen LogP contribution in [0.3, 0.4) is 0 Å². The Labute approximate surface area is 478 Å². The first-order valence-corrected chi connectivity index (χ1v) is 29.6. The van der Waals surface area contributed by atoms with E-state index in [0.717, 1.165) is 38.2 Å². The van der Waals surface area contributed by atoms with Gasteiger partial charge in [-0.25, -0.2) is 4.79 Å². The number of amides is 4. The number of carboxylic acid groups (broad SMARTS) is 1. The Morgan fingerprint density at radius 1 is 0.610 bits per heavy atom. The molecule has 4 saturated carbocycles. The molecule has 0 radical (unpaired) electrons. The van der Waals surface area contributed by atoms with Gasteiger partial charge in [0.05, 0.1) is 25.4 Å². The molecule has 8 aliphatic rings. The zero-order valence-corrected chi connectivity index (χ0v) is 48.2. The van der Waals surface area contributed by atoms with Crippen LogP contribution in [-0.4, -0.2) is 231 Å². The average Bonchev–Trinajstić information content (AvgIpc) is 1.97. The Hall–Kier alpha value is -3.29. The molecule has 468 valence electrons. The van der Waals surface area contributed by atoms with Crippen molar-refractivity contribution in [2.24, 2.45) is 46.3 Å². The average molecular weight is 1170 g/mol. The number of hydrogen-bond donors (Lipinski definition) is 13. The molecule has 0 aromatic rings. The van der Waals surface area contributed by atoms with E-state index in [1.165, 1.54) is 71.6 Å². The minimum absolute atomic E-state index is 0.0511. The molecule has 82 heavy (non-hydrogen) atoms. The highest BCUT2D eigenvalue weighted by molar-refractivity contribution is 5.82. The largest absolute Gasteiger partial charge is 0.479 e. The van der Waals surface area contributed by atoms with E-state index in [1.807, 2.05) is 0 Å². The molecular weight excluding hydrogens is 1080 g/mol. The Bertz CT molecular complexity index is 2200. The molecule has 4 saturated heterocycles. The summed E-state index contributed by atoms with van der Waals surface area (Å²) in [6.07, 6.45) is -18.6. The van der Waals surface area contributed by atoms with E-state index in [9.17, 15) is 69.9 Å². The van der Waals surface area contributed by atoms with Gasteiger partial charge < -0.3 is 105 Å². The molecule has 8 fully saturated rings. The van der Waals surface area contributed by atoms with Gasteiger partial charge >= 0.3 is 5.97 Å². The Morgan fingerprint density at radius 2 is 1.18 bits per heavy atom. The molecule has 0 aromatic carbocycles. The van der Waals surface area contributed by atoms with Gasteiger partial charge in [-0.2, -0.15) is 0 Å². The summed E-state index contributed by atoms with van der Waals surface area (Å²) in [4.78, 5) is 65.3. The van der Waals surface area contributed by atoms with Gasteiger partial charge in [0.1, 0.15) is 79.3 Å². The van der Waals surface area contributed by atoms with E-state index < -0.39 is 159 Å². The van der Waals surface area contributed by atoms with Gasteiger partial charge in [-0.3, -0.25) is 19.2 Å². The summed E-state index contributed by atoms with van der Waals surface area (Å²) < 4.78 is 46.5. The fourth-order valence-corrected chi connectivity index (χ4v) is 16.2. The number of rotatable bonds is 20. The SMILES string of the molecule is CO[C@@H]1C(C(=O)O)O[C@@H](O[C@@H]2C(NC(C)=O)[C@H](O[C@@H]3C(C(=O)NCCNC(=O)CC[C@@H](C)[C@H]4CC[C@H]5[C@@H]6CC[C@@H]7CCCC[C@]7(C)[C@H]6CC[C@]45C)O[C@@H](O[C@@H]4C(NC(C)=O)[C@H](C)OC(CO)[C@H]4O)C(O)[C@H]3O)OC(CO)[C@H]2O)C(O)[C@H]1O. The minimum atomic E-state index is -2.19. The van der Waals surface area contributed by atoms with Crippen molar-refractivity contribution in [2.75, 3.05) is 33.4 Å². The number of carbonyl (C=O) groups excluding carboxylic acids is 4. The molecule has 13 N–H and O–H groups in total. The van der Waals surface area contributed by atoms with Crippen LogP contribution < -0.4 is 21.3 Å². The Balaban J connectivity index is 0.961. The summed E-state index contributed by atoms with van der Waals surface area (Å²) in [6, 6.07) is -2.87. The lowest BCUT2D eigenvalue weighted by Gasteiger charge is -2.61. The van der Waals surface area contributed by atoms with Crippen molar-refractivity contribution >= 4 is 29.6 Å². The maximum absolute atomic E-state index is 14.5. The van der Waals surface area contributed by atoms with Crippen molar-refractivity contribution in [3.05, 3.63) is 0 Å². The van der Waals surface area contributed by atoms with Crippen molar-refractivity contribution in [3.63, 3.8) is 0 Å². The highest BCUT2D eigenvalue weighted by Crippen LogP contribution is 2.68. The summed E-state index contributed by atoms with van der Waals surface area (Å²) in [5, 5.41) is 109. The van der Waals surface area contributed by atoms with Crippen LogP contribution >= 0.6 is 0 Å². The number of aliphatic hydroxyl groups excluding tert-OH is 8. The molecule has 0 bridgehead atoms. The topological polar surface area (TPSA) is 389 Å². The molecule has 4 aliphatic heterocycles. The van der Waals surface area contributed by atoms with E-state index in [-0.39, 0.29) is 30.8 Å². The molecule has 26 heteroatoms. The summed E-state index contributed by atoms with van der Waals surface area (Å²) in [5.74, 6) is -0.284. The lowest BCUT2D eigenvalue weighted by molar-refractivity contribution is -0.365. The minimum Gasteiger partial charge on any atom is -0.479 e. The van der Waals surface area contributed by atoms with Crippen LogP contribution in [0, 0.1) is 46.3 Å². The van der Waals surface area contributed by atoms with Gasteiger partial charge in [-0.05, 0) is 111 Å². The van der Waals surface area contributed by atoms with Crippen LogP contribution in [0.15, 0.2) is 0 Å². The van der Waals surface area contributed by atoms with E-state index in [2.05, 4.69) is 42.0 Å². The molecule has 0 aromatic heterocycles. The van der Waals surface area contributed by atoms with Crippen molar-refractivity contribution in [3.8, 4) is 0 Å². The van der Waals surface area contributed by atoms with Crippen LogP contribution in [-0.2, 0) is 61.9 Å². The number of fused-ring (bicyclic) bond motifs is 5. The van der Waals surface area contributed by atoms with Crippen LogP contribution in [0.5, 0.6) is 0 Å². The second-order valence-electron chi connectivity index (χ2n) is 25.2. The third kappa shape index (κ3) is 13.2. The third-order valence-corrected chi connectivity index (χ3v) is 20.4. The third-order valence-electron chi connectivity index (χ3n) is 20.4. The van der Waals surface area contributed by atoms with E-state index in [4.69, 9.17) is 37.9 Å². The van der Waals surface area contributed by atoms with Crippen molar-refractivity contribution < 1.29 is 108 Å². The quantitative estimate of drug-likeness (QED) is 0.0590. The first kappa shape index (κ1) is 64.7. The molecule has 4 aliphatic carbocycles. The summed E-state index contributed by atoms with van der Waals surface area (Å²) in [5.41, 5.74) is 0.694. The van der Waals surface area contributed by atoms with Gasteiger partial charge in [0.2, 0.25) is 17.7 Å². The van der Waals surface area contributed by atoms with Crippen molar-refractivity contribution in [1.29, 1.82) is 0 Å². The molecule has 4 amide bonds. The number of aliphatic hydroxyl groups is 8. The fraction of sp³-hybridized carbons (Fsp3) is 0.911. The number of ether oxygens (including phenoxy) is 8. The number of carbonyl (C=O) groups is 5. The molecular formula is C56H92N4O22. The monoisotopic (exact) mass is 1170 g/mol. The van der Waals surface area contributed by atoms with E-state index in [1.54, 1.807) is 0 Å². The lowest BCUT2D eigenvalue weighted by atomic mass is 9.44. The highest BCUT2D eigenvalue weighted by atomic mass is 16.8. The predicted molar refractivity (Wildman–Crippen MR) is 283 cm³/mol. The first-order valence-electron chi connectivity index (χ1n) is 29.6. The van der Waals surface area contributed by atoms with Crippen LogP contribution in [0.1, 0.15) is 119 Å². The smallest absolute Gasteiger partial charge is 0.335 e. The second kappa shape index (κ2) is 27.2.